The number of sulfone groups is 1. The Morgan fingerprint density at radius 2 is 1.77 bits per heavy atom. The number of aliphatic imine (C=N–C) groups is 1. The summed E-state index contributed by atoms with van der Waals surface area (Å²) in [6, 6.07) is 22.5. The predicted octanol–water partition coefficient (Wildman–Crippen LogP) is 3.15. The van der Waals surface area contributed by atoms with E-state index in [2.05, 4.69) is 10.3 Å². The molecular formula is C29H32N2O7S. The summed E-state index contributed by atoms with van der Waals surface area (Å²) in [7, 11) is -2.10. The highest BCUT2D eigenvalue weighted by Gasteiger charge is 2.45. The quantitative estimate of drug-likeness (QED) is 0.312. The van der Waals surface area contributed by atoms with Crippen molar-refractivity contribution in [2.24, 2.45) is 4.99 Å². The Kier molecular flexibility index (Phi) is 9.21. The maximum atomic E-state index is 13.6. The summed E-state index contributed by atoms with van der Waals surface area (Å²) in [4.78, 5) is 18.4. The van der Waals surface area contributed by atoms with Crippen molar-refractivity contribution in [3.8, 4) is 11.5 Å². The molecule has 0 saturated carbocycles. The maximum Gasteiger partial charge on any atom is 0.251 e. The van der Waals surface area contributed by atoms with E-state index in [1.807, 2.05) is 18.2 Å². The molecule has 0 radical (unpaired) electrons. The average Bonchev–Trinajstić information content (AvgIpc) is 3.42. The molecule has 0 saturated heterocycles. The van der Waals surface area contributed by atoms with E-state index in [4.69, 9.17) is 19.3 Å². The monoisotopic (exact) mass is 552 g/mol. The van der Waals surface area contributed by atoms with E-state index in [1.54, 1.807) is 55.6 Å². The lowest BCUT2D eigenvalue weighted by molar-refractivity contribution is -0.127. The fraction of sp³-hybridized carbons (Fsp3) is 0.310. The van der Waals surface area contributed by atoms with E-state index in [-0.39, 0.29) is 42.7 Å². The Morgan fingerprint density at radius 1 is 1.05 bits per heavy atom. The van der Waals surface area contributed by atoms with Gasteiger partial charge in [-0.05, 0) is 48.9 Å². The molecule has 0 aromatic heterocycles. The van der Waals surface area contributed by atoms with Gasteiger partial charge in [0.1, 0.15) is 18.1 Å². The van der Waals surface area contributed by atoms with Crippen LogP contribution < -0.4 is 14.8 Å². The highest BCUT2D eigenvalue weighted by atomic mass is 32.2. The van der Waals surface area contributed by atoms with E-state index in [9.17, 15) is 13.2 Å². The van der Waals surface area contributed by atoms with Crippen LogP contribution in [0.25, 0.3) is 0 Å². The fourth-order valence-electron chi connectivity index (χ4n) is 4.14. The lowest BCUT2D eigenvalue weighted by Crippen LogP contribution is -2.47. The van der Waals surface area contributed by atoms with E-state index >= 15 is 0 Å². The number of nitrogens with one attached hydrogen (secondary N) is 1. The summed E-state index contributed by atoms with van der Waals surface area (Å²) in [6.07, 6.45) is 0.462. The molecule has 1 atom stereocenters. The molecule has 9 nitrogen and oxygen atoms in total. The van der Waals surface area contributed by atoms with E-state index in [0.717, 1.165) is 5.56 Å². The molecule has 3 aromatic rings. The van der Waals surface area contributed by atoms with Gasteiger partial charge in [0.25, 0.3) is 5.91 Å². The molecule has 4 rings (SSSR count). The first kappa shape index (κ1) is 28.1. The number of aliphatic hydroxyl groups excluding tert-OH is 1. The van der Waals surface area contributed by atoms with Gasteiger partial charge in [-0.15, -0.1) is 0 Å². The molecule has 0 bridgehead atoms. The second kappa shape index (κ2) is 12.8. The molecule has 0 unspecified atom stereocenters. The number of nitrogens with zero attached hydrogens (tertiary/aromatic N) is 1. The summed E-state index contributed by atoms with van der Waals surface area (Å²) < 4.78 is 42.9. The van der Waals surface area contributed by atoms with Crippen molar-refractivity contribution < 1.29 is 32.5 Å². The predicted molar refractivity (Wildman–Crippen MR) is 147 cm³/mol. The number of hydrogen-bond acceptors (Lipinski definition) is 8. The van der Waals surface area contributed by atoms with Gasteiger partial charge in [0.2, 0.25) is 5.90 Å². The van der Waals surface area contributed by atoms with Crippen molar-refractivity contribution in [3.63, 3.8) is 0 Å². The normalized spacial score (nSPS) is 16.7. The summed E-state index contributed by atoms with van der Waals surface area (Å²) in [5.74, 6) is 0.793. The first-order valence-electron chi connectivity index (χ1n) is 12.6. The van der Waals surface area contributed by atoms with Crippen molar-refractivity contribution in [3.05, 3.63) is 90.0 Å². The molecule has 10 heteroatoms. The molecule has 1 heterocycles. The lowest BCUT2D eigenvalue weighted by atomic mass is 9.97. The first-order chi connectivity index (χ1) is 18.9. The van der Waals surface area contributed by atoms with E-state index in [1.165, 1.54) is 12.1 Å². The van der Waals surface area contributed by atoms with Crippen LogP contribution in [0.15, 0.2) is 88.8 Å². The van der Waals surface area contributed by atoms with Gasteiger partial charge < -0.3 is 24.6 Å². The van der Waals surface area contributed by atoms with Gasteiger partial charge in [0.15, 0.2) is 15.4 Å². The molecule has 206 valence electrons. The Balaban J connectivity index is 1.56. The van der Waals surface area contributed by atoms with Gasteiger partial charge in [-0.2, -0.15) is 0 Å². The van der Waals surface area contributed by atoms with Crippen molar-refractivity contribution in [1.29, 1.82) is 0 Å². The summed E-state index contributed by atoms with van der Waals surface area (Å²) in [5.41, 5.74) is -0.0229. The molecule has 0 aliphatic carbocycles. The number of amides is 1. The molecule has 1 aliphatic rings. The molecule has 1 amide bonds. The number of ether oxygens (including phenoxy) is 3. The second-order valence-corrected chi connectivity index (χ2v) is 11.2. The minimum absolute atomic E-state index is 0.0456. The van der Waals surface area contributed by atoms with Crippen molar-refractivity contribution in [2.45, 2.75) is 29.8 Å². The second-order valence-electron chi connectivity index (χ2n) is 9.06. The van der Waals surface area contributed by atoms with Crippen molar-refractivity contribution in [2.75, 3.05) is 32.7 Å². The van der Waals surface area contributed by atoms with Crippen LogP contribution in [0, 0.1) is 0 Å². The third-order valence-corrected chi connectivity index (χ3v) is 8.11. The van der Waals surface area contributed by atoms with Crippen LogP contribution in [0.2, 0.25) is 0 Å². The van der Waals surface area contributed by atoms with Gasteiger partial charge in [0.05, 0.1) is 24.4 Å². The third-order valence-electron chi connectivity index (χ3n) is 6.38. The van der Waals surface area contributed by atoms with Gasteiger partial charge in [-0.1, -0.05) is 36.4 Å². The SMILES string of the molecule is COc1ccccc1CNC(=O)[C@@]1(CCS(=O)(=O)c2ccccc2)COC(c2ccc(OCCCO)cc2)=N1. The molecule has 3 aromatic carbocycles. The van der Waals surface area contributed by atoms with Gasteiger partial charge >= 0.3 is 0 Å². The molecular weight excluding hydrogens is 520 g/mol. The number of carbonyl (C=O) groups excluding carboxylic acids is 1. The Hall–Kier alpha value is -3.89. The number of aliphatic hydroxyl groups is 1. The van der Waals surface area contributed by atoms with Crippen LogP contribution >= 0.6 is 0 Å². The van der Waals surface area contributed by atoms with Gasteiger partial charge in [-0.25, -0.2) is 13.4 Å². The van der Waals surface area contributed by atoms with Crippen molar-refractivity contribution >= 4 is 21.6 Å². The first-order valence-corrected chi connectivity index (χ1v) is 14.3. The van der Waals surface area contributed by atoms with E-state index < -0.39 is 21.3 Å². The molecule has 0 fully saturated rings. The van der Waals surface area contributed by atoms with Crippen LogP contribution in [0.4, 0.5) is 0 Å². The highest BCUT2D eigenvalue weighted by Crippen LogP contribution is 2.29. The molecule has 39 heavy (non-hydrogen) atoms. The maximum absolute atomic E-state index is 13.6. The summed E-state index contributed by atoms with van der Waals surface area (Å²) >= 11 is 0. The Labute approximate surface area is 228 Å². The molecule has 0 spiro atoms. The van der Waals surface area contributed by atoms with Crippen LogP contribution in [0.3, 0.4) is 0 Å². The minimum Gasteiger partial charge on any atom is -0.496 e. The van der Waals surface area contributed by atoms with Crippen LogP contribution in [0.1, 0.15) is 24.0 Å². The third kappa shape index (κ3) is 6.96. The van der Waals surface area contributed by atoms with E-state index in [0.29, 0.717) is 30.1 Å². The van der Waals surface area contributed by atoms with Crippen molar-refractivity contribution in [1.82, 2.24) is 5.32 Å². The minimum atomic E-state index is -3.66. The molecule has 1 aliphatic heterocycles. The summed E-state index contributed by atoms with van der Waals surface area (Å²) in [6.45, 7) is 0.516. The number of benzene rings is 3. The smallest absolute Gasteiger partial charge is 0.251 e. The standard InChI is InChI=1S/C29H32N2O7S/c1-36-26-11-6-5-8-23(26)20-30-28(33)29(16-19-39(34,35)25-9-3-2-4-10-25)21-38-27(31-29)22-12-14-24(15-13-22)37-18-7-17-32/h2-6,8-15,32H,7,16-21H2,1H3,(H,30,33)/t29-/m1/s1. The lowest BCUT2D eigenvalue weighted by Gasteiger charge is -2.23. The Morgan fingerprint density at radius 3 is 2.49 bits per heavy atom. The fourth-order valence-corrected chi connectivity index (χ4v) is 5.55. The van der Waals surface area contributed by atoms with Gasteiger partial charge in [-0.3, -0.25) is 4.79 Å². The number of carbonyl (C=O) groups is 1. The zero-order chi connectivity index (χ0) is 27.7. The zero-order valence-electron chi connectivity index (χ0n) is 21.7. The van der Waals surface area contributed by atoms with Gasteiger partial charge in [0, 0.05) is 30.7 Å². The number of hydrogen-bond donors (Lipinski definition) is 2. The summed E-state index contributed by atoms with van der Waals surface area (Å²) in [5, 5.41) is 11.8. The highest BCUT2D eigenvalue weighted by molar-refractivity contribution is 7.91. The zero-order valence-corrected chi connectivity index (χ0v) is 22.5. The largest absolute Gasteiger partial charge is 0.496 e. The van der Waals surface area contributed by atoms with Crippen LogP contribution in [0.5, 0.6) is 11.5 Å². The van der Waals surface area contributed by atoms with Crippen LogP contribution in [-0.2, 0) is 25.9 Å². The topological polar surface area (TPSA) is 124 Å². The number of methoxy groups -OCH3 is 1. The Bertz CT molecular complexity index is 1390. The van der Waals surface area contributed by atoms with Crippen LogP contribution in [-0.4, -0.2) is 63.6 Å². The molecule has 2 N–H and O–H groups in total. The number of rotatable bonds is 13. The number of para-hydroxylation sites is 1. The average molecular weight is 553 g/mol.